The van der Waals surface area contributed by atoms with Gasteiger partial charge in [-0.05, 0) is 0 Å². The monoisotopic (exact) mass is 249 g/mol. The van der Waals surface area contributed by atoms with Gasteiger partial charge in [-0.1, -0.05) is 0 Å². The van der Waals surface area contributed by atoms with Crippen LogP contribution in [0.2, 0.25) is 0 Å². The van der Waals surface area contributed by atoms with Crippen molar-refractivity contribution in [3.05, 3.63) is 0 Å². The number of nitrogens with zero attached hydrogens (tertiary/aromatic N) is 1. The van der Waals surface area contributed by atoms with E-state index in [2.05, 4.69) is 0 Å². The number of ether oxygens (including phenoxy) is 1. The van der Waals surface area contributed by atoms with E-state index in [4.69, 9.17) is 9.84 Å². The number of amides is 1. The van der Waals surface area contributed by atoms with E-state index in [0.29, 0.717) is 5.75 Å². The number of rotatable bonds is 2. The highest BCUT2D eigenvalue weighted by Crippen LogP contribution is 2.34. The zero-order valence-corrected chi connectivity index (χ0v) is 9.63. The summed E-state index contributed by atoms with van der Waals surface area (Å²) in [6.45, 7) is -0.343. The van der Waals surface area contributed by atoms with Gasteiger partial charge >= 0.3 is 0 Å². The summed E-state index contributed by atoms with van der Waals surface area (Å²) >= 11 is 1.37. The molecule has 2 fully saturated rings. The molecule has 0 radical (unpaired) electrons. The summed E-state index contributed by atoms with van der Waals surface area (Å²) in [7, 11) is 1.64. The first-order valence-electron chi connectivity index (χ1n) is 5.06. The maximum Gasteiger partial charge on any atom is 0.233 e. The van der Waals surface area contributed by atoms with Crippen molar-refractivity contribution in [2.75, 3.05) is 19.4 Å². The van der Waals surface area contributed by atoms with Gasteiger partial charge < -0.3 is 25.0 Å². The first-order chi connectivity index (χ1) is 7.56. The van der Waals surface area contributed by atoms with Crippen LogP contribution < -0.4 is 0 Å². The number of hydrogen-bond donors (Lipinski definition) is 3. The highest BCUT2D eigenvalue weighted by atomic mass is 32.2. The summed E-state index contributed by atoms with van der Waals surface area (Å²) in [6.07, 6.45) is -3.58. The molecule has 0 spiro atoms. The topological polar surface area (TPSA) is 90.2 Å². The molecule has 3 N–H and O–H groups in total. The molecule has 2 saturated heterocycles. The van der Waals surface area contributed by atoms with Crippen molar-refractivity contribution in [3.63, 3.8) is 0 Å². The van der Waals surface area contributed by atoms with Crippen LogP contribution in [-0.2, 0) is 9.53 Å². The van der Waals surface area contributed by atoms with Crippen LogP contribution in [0, 0.1) is 0 Å². The molecule has 0 aromatic rings. The summed E-state index contributed by atoms with van der Waals surface area (Å²) in [5.74, 6) is 0.334. The Kier molecular flexibility index (Phi) is 3.41. The predicted molar refractivity (Wildman–Crippen MR) is 56.8 cm³/mol. The normalized spacial score (nSPS) is 44.4. The Bertz CT molecular complexity index is 289. The minimum atomic E-state index is -1.10. The summed E-state index contributed by atoms with van der Waals surface area (Å²) < 4.78 is 5.37. The van der Waals surface area contributed by atoms with Crippen molar-refractivity contribution < 1.29 is 24.9 Å². The number of likely N-dealkylation sites (N-methyl/N-ethyl adjacent to an activating group) is 1. The van der Waals surface area contributed by atoms with Crippen molar-refractivity contribution in [2.24, 2.45) is 0 Å². The zero-order chi connectivity index (χ0) is 11.9. The number of carbonyl (C=O) groups excluding carboxylic acids is 1. The van der Waals surface area contributed by atoms with E-state index in [1.807, 2.05) is 0 Å². The highest BCUT2D eigenvalue weighted by Gasteiger charge is 2.49. The van der Waals surface area contributed by atoms with E-state index in [1.54, 1.807) is 7.05 Å². The number of hydrogen-bond acceptors (Lipinski definition) is 6. The van der Waals surface area contributed by atoms with Crippen LogP contribution in [0.25, 0.3) is 0 Å². The van der Waals surface area contributed by atoms with Crippen molar-refractivity contribution in [3.8, 4) is 0 Å². The molecule has 7 heteroatoms. The number of aliphatic hydroxyl groups excluding tert-OH is 3. The molecule has 0 aromatic heterocycles. The highest BCUT2D eigenvalue weighted by molar-refractivity contribution is 8.01. The molecule has 1 unspecified atom stereocenters. The molecule has 0 aromatic carbocycles. The molecule has 92 valence electrons. The van der Waals surface area contributed by atoms with Crippen LogP contribution in [0.5, 0.6) is 0 Å². The zero-order valence-electron chi connectivity index (χ0n) is 8.81. The average Bonchev–Trinajstić information content (AvgIpc) is 2.73. The molecular formula is C9H15NO5S. The van der Waals surface area contributed by atoms with Crippen LogP contribution in [0.3, 0.4) is 0 Å². The largest absolute Gasteiger partial charge is 0.394 e. The molecule has 6 nitrogen and oxygen atoms in total. The van der Waals surface area contributed by atoms with E-state index in [9.17, 15) is 15.0 Å². The first kappa shape index (κ1) is 12.1. The minimum absolute atomic E-state index is 0.0206. The van der Waals surface area contributed by atoms with E-state index >= 15 is 0 Å². The van der Waals surface area contributed by atoms with Crippen molar-refractivity contribution in [2.45, 2.75) is 29.8 Å². The lowest BCUT2D eigenvalue weighted by Crippen LogP contribution is -2.44. The lowest BCUT2D eigenvalue weighted by atomic mass is 10.1. The smallest absolute Gasteiger partial charge is 0.233 e. The van der Waals surface area contributed by atoms with Crippen molar-refractivity contribution in [1.29, 1.82) is 0 Å². The van der Waals surface area contributed by atoms with Crippen molar-refractivity contribution in [1.82, 2.24) is 4.90 Å². The van der Waals surface area contributed by atoms with Crippen LogP contribution >= 0.6 is 11.8 Å². The Morgan fingerprint density at radius 2 is 2.19 bits per heavy atom. The second-order valence-corrected chi connectivity index (χ2v) is 5.11. The fourth-order valence-electron chi connectivity index (χ4n) is 1.99. The van der Waals surface area contributed by atoms with Gasteiger partial charge in [0, 0.05) is 7.05 Å². The molecule has 2 aliphatic heterocycles. The summed E-state index contributed by atoms with van der Waals surface area (Å²) in [5.41, 5.74) is 0. The van der Waals surface area contributed by atoms with Gasteiger partial charge in [-0.3, -0.25) is 4.79 Å². The molecule has 2 heterocycles. The molecule has 0 saturated carbocycles. The Labute approximate surface area is 97.2 Å². The molecule has 0 aliphatic carbocycles. The molecule has 1 amide bonds. The lowest BCUT2D eigenvalue weighted by Gasteiger charge is -2.26. The maximum absolute atomic E-state index is 11.3. The van der Waals surface area contributed by atoms with Gasteiger partial charge in [-0.15, -0.1) is 11.8 Å². The molecule has 2 rings (SSSR count). The summed E-state index contributed by atoms with van der Waals surface area (Å²) in [5, 5.41) is 28.0. The number of carbonyl (C=O) groups is 1. The van der Waals surface area contributed by atoms with Gasteiger partial charge in [-0.25, -0.2) is 0 Å². The van der Waals surface area contributed by atoms with Gasteiger partial charge in [-0.2, -0.15) is 0 Å². The Morgan fingerprint density at radius 1 is 1.50 bits per heavy atom. The average molecular weight is 249 g/mol. The quantitative estimate of drug-likeness (QED) is 0.524. The molecule has 5 atom stereocenters. The number of aliphatic hydroxyl groups is 3. The molecule has 2 aliphatic rings. The summed E-state index contributed by atoms with van der Waals surface area (Å²) in [4.78, 5) is 12.8. The van der Waals surface area contributed by atoms with Gasteiger partial charge in [0.25, 0.3) is 0 Å². The Hall–Kier alpha value is -0.340. The van der Waals surface area contributed by atoms with Gasteiger partial charge in [0.15, 0.2) is 0 Å². The second-order valence-electron chi connectivity index (χ2n) is 4.01. The van der Waals surface area contributed by atoms with E-state index in [-0.39, 0.29) is 17.9 Å². The van der Waals surface area contributed by atoms with Crippen LogP contribution in [-0.4, -0.2) is 75.3 Å². The number of thioether (sulfide) groups is 1. The first-order valence-corrected chi connectivity index (χ1v) is 6.11. The van der Waals surface area contributed by atoms with Crippen molar-refractivity contribution >= 4 is 17.7 Å². The van der Waals surface area contributed by atoms with E-state index in [1.165, 1.54) is 16.7 Å². The van der Waals surface area contributed by atoms with Gasteiger partial charge in [0.1, 0.15) is 29.8 Å². The maximum atomic E-state index is 11.3. The third kappa shape index (κ3) is 1.82. The predicted octanol–water partition coefficient (Wildman–Crippen LogP) is -2.00. The van der Waals surface area contributed by atoms with Crippen LogP contribution in [0.1, 0.15) is 0 Å². The van der Waals surface area contributed by atoms with Crippen LogP contribution in [0.4, 0.5) is 0 Å². The minimum Gasteiger partial charge on any atom is -0.394 e. The Balaban J connectivity index is 2.08. The third-order valence-corrected chi connectivity index (χ3v) is 4.35. The molecular weight excluding hydrogens is 234 g/mol. The SMILES string of the molecule is CN1C(=O)CS[C@H]1C1O[C@H](CO)[C@@H](O)[C@@H]1O. The lowest BCUT2D eigenvalue weighted by molar-refractivity contribution is -0.129. The molecule has 0 bridgehead atoms. The Morgan fingerprint density at radius 3 is 2.62 bits per heavy atom. The standard InChI is InChI=1S/C9H15NO5S/c1-10-5(12)3-16-9(10)8-7(14)6(13)4(2-11)15-8/h4,6-9,11,13-14H,2-3H2,1H3/t4-,6-,7+,8?,9+/m1/s1. The fraction of sp³-hybridized carbons (Fsp3) is 0.889. The fourth-order valence-corrected chi connectivity index (χ4v) is 3.26. The van der Waals surface area contributed by atoms with Gasteiger partial charge in [0.05, 0.1) is 12.4 Å². The second kappa shape index (κ2) is 4.50. The summed E-state index contributed by atoms with van der Waals surface area (Å²) in [6, 6.07) is 0. The van der Waals surface area contributed by atoms with E-state index < -0.39 is 24.4 Å². The van der Waals surface area contributed by atoms with Gasteiger partial charge in [0.2, 0.25) is 5.91 Å². The van der Waals surface area contributed by atoms with Crippen LogP contribution in [0.15, 0.2) is 0 Å². The van der Waals surface area contributed by atoms with E-state index in [0.717, 1.165) is 0 Å². The third-order valence-electron chi connectivity index (χ3n) is 3.01. The molecule has 16 heavy (non-hydrogen) atoms.